The molecule has 0 saturated carbocycles. The molecule has 112 valence electrons. The summed E-state index contributed by atoms with van der Waals surface area (Å²) in [6, 6.07) is 4.66. The van der Waals surface area contributed by atoms with Crippen molar-refractivity contribution < 1.29 is 29.5 Å². The molecule has 0 spiro atoms. The third kappa shape index (κ3) is 3.10. The SMILES string of the molecule is O=C(O)C(C(=O)O)[C@@H](C[N+](=O)[O-])c1ccc2c(c1)CCO2. The maximum atomic E-state index is 11.1. The third-order valence-corrected chi connectivity index (χ3v) is 3.42. The van der Waals surface area contributed by atoms with E-state index >= 15 is 0 Å². The van der Waals surface area contributed by atoms with Gasteiger partial charge in [0.1, 0.15) is 5.75 Å². The molecule has 0 aliphatic carbocycles. The van der Waals surface area contributed by atoms with Gasteiger partial charge in [-0.1, -0.05) is 12.1 Å². The van der Waals surface area contributed by atoms with Gasteiger partial charge in [-0.05, 0) is 17.2 Å². The summed E-state index contributed by atoms with van der Waals surface area (Å²) >= 11 is 0. The van der Waals surface area contributed by atoms with Crippen molar-refractivity contribution in [3.8, 4) is 5.75 Å². The Morgan fingerprint density at radius 1 is 1.33 bits per heavy atom. The average Bonchev–Trinajstić information content (AvgIpc) is 2.83. The zero-order valence-corrected chi connectivity index (χ0v) is 10.9. The maximum absolute atomic E-state index is 11.1. The van der Waals surface area contributed by atoms with Crippen LogP contribution in [-0.4, -0.2) is 40.2 Å². The van der Waals surface area contributed by atoms with Crippen LogP contribution >= 0.6 is 0 Å². The molecule has 0 fully saturated rings. The lowest BCUT2D eigenvalue weighted by Crippen LogP contribution is -2.33. The van der Waals surface area contributed by atoms with Crippen molar-refractivity contribution in [3.63, 3.8) is 0 Å². The number of benzene rings is 1. The van der Waals surface area contributed by atoms with Gasteiger partial charge in [-0.15, -0.1) is 0 Å². The first-order chi connectivity index (χ1) is 9.90. The van der Waals surface area contributed by atoms with Crippen LogP contribution in [0.25, 0.3) is 0 Å². The van der Waals surface area contributed by atoms with E-state index in [1.807, 2.05) is 0 Å². The molecular formula is C13H13NO7. The lowest BCUT2D eigenvalue weighted by molar-refractivity contribution is -0.484. The quantitative estimate of drug-likeness (QED) is 0.450. The summed E-state index contributed by atoms with van der Waals surface area (Å²) in [7, 11) is 0. The summed E-state index contributed by atoms with van der Waals surface area (Å²) in [6.45, 7) is -0.275. The minimum atomic E-state index is -1.87. The number of carboxylic acids is 2. The topological polar surface area (TPSA) is 127 Å². The number of carbonyl (C=O) groups is 2. The first kappa shape index (κ1) is 14.8. The van der Waals surface area contributed by atoms with Crippen LogP contribution in [0, 0.1) is 16.0 Å². The standard InChI is InChI=1S/C13H13NO7/c15-12(16)11(13(17)18)9(6-14(19)20)7-1-2-10-8(5-7)3-4-21-10/h1-2,5,9,11H,3-4,6H2,(H,15,16)(H,17,18)/t9-/m0/s1. The van der Waals surface area contributed by atoms with E-state index in [0.29, 0.717) is 24.3 Å². The molecule has 0 saturated heterocycles. The number of hydrogen-bond acceptors (Lipinski definition) is 5. The zero-order chi connectivity index (χ0) is 15.6. The normalized spacial score (nSPS) is 14.3. The van der Waals surface area contributed by atoms with Gasteiger partial charge in [0.05, 0.1) is 12.5 Å². The summed E-state index contributed by atoms with van der Waals surface area (Å²) in [5.74, 6) is -5.64. The Kier molecular flexibility index (Phi) is 4.06. The number of ether oxygens (including phenoxy) is 1. The van der Waals surface area contributed by atoms with Crippen LogP contribution < -0.4 is 4.74 Å². The molecule has 1 aliphatic heterocycles. The van der Waals surface area contributed by atoms with E-state index in [2.05, 4.69) is 0 Å². The van der Waals surface area contributed by atoms with E-state index in [-0.39, 0.29) is 0 Å². The smallest absolute Gasteiger partial charge is 0.318 e. The van der Waals surface area contributed by atoms with Crippen LogP contribution in [0.15, 0.2) is 18.2 Å². The summed E-state index contributed by atoms with van der Waals surface area (Å²) < 4.78 is 5.30. The fraction of sp³-hybridized carbons (Fsp3) is 0.385. The van der Waals surface area contributed by atoms with Crippen molar-refractivity contribution in [2.24, 2.45) is 5.92 Å². The number of fused-ring (bicyclic) bond motifs is 1. The Hall–Kier alpha value is -2.64. The van der Waals surface area contributed by atoms with Crippen LogP contribution in [0.1, 0.15) is 17.0 Å². The number of hydrogen-bond donors (Lipinski definition) is 2. The maximum Gasteiger partial charge on any atom is 0.318 e. The van der Waals surface area contributed by atoms with Crippen molar-refractivity contribution in [2.75, 3.05) is 13.2 Å². The van der Waals surface area contributed by atoms with Crippen molar-refractivity contribution in [1.29, 1.82) is 0 Å². The van der Waals surface area contributed by atoms with Crippen LogP contribution in [0.5, 0.6) is 5.75 Å². The van der Waals surface area contributed by atoms with Gasteiger partial charge in [0, 0.05) is 11.3 Å². The highest BCUT2D eigenvalue weighted by molar-refractivity contribution is 5.94. The van der Waals surface area contributed by atoms with Gasteiger partial charge in [-0.2, -0.15) is 0 Å². The van der Waals surface area contributed by atoms with Gasteiger partial charge in [0.2, 0.25) is 6.54 Å². The molecule has 0 radical (unpaired) electrons. The second-order valence-electron chi connectivity index (χ2n) is 4.74. The molecule has 1 aromatic rings. The minimum absolute atomic E-state index is 0.325. The Bertz CT molecular complexity index is 584. The predicted molar refractivity (Wildman–Crippen MR) is 69.0 cm³/mol. The van der Waals surface area contributed by atoms with Crippen molar-refractivity contribution >= 4 is 11.9 Å². The number of nitrogens with zero attached hydrogens (tertiary/aromatic N) is 1. The van der Waals surface area contributed by atoms with Crippen molar-refractivity contribution in [2.45, 2.75) is 12.3 Å². The Morgan fingerprint density at radius 2 is 2.00 bits per heavy atom. The summed E-state index contributed by atoms with van der Waals surface area (Å²) in [5, 5.41) is 28.9. The summed E-state index contributed by atoms with van der Waals surface area (Å²) in [5.41, 5.74) is 1.13. The van der Waals surface area contributed by atoms with Crippen LogP contribution in [-0.2, 0) is 16.0 Å². The molecule has 2 rings (SSSR count). The zero-order valence-electron chi connectivity index (χ0n) is 10.9. The van der Waals surface area contributed by atoms with Crippen LogP contribution in [0.4, 0.5) is 0 Å². The lowest BCUT2D eigenvalue weighted by atomic mass is 9.85. The third-order valence-electron chi connectivity index (χ3n) is 3.42. The molecule has 0 bridgehead atoms. The molecule has 2 N–H and O–H groups in total. The summed E-state index contributed by atoms with van der Waals surface area (Å²) in [6.07, 6.45) is 0.610. The highest BCUT2D eigenvalue weighted by Crippen LogP contribution is 2.32. The van der Waals surface area contributed by atoms with Crippen LogP contribution in [0.3, 0.4) is 0 Å². The first-order valence-corrected chi connectivity index (χ1v) is 6.23. The number of aliphatic carboxylic acids is 2. The highest BCUT2D eigenvalue weighted by Gasteiger charge is 2.39. The van der Waals surface area contributed by atoms with Crippen molar-refractivity contribution in [3.05, 3.63) is 39.4 Å². The summed E-state index contributed by atoms with van der Waals surface area (Å²) in [4.78, 5) is 32.3. The highest BCUT2D eigenvalue weighted by atomic mass is 16.6. The van der Waals surface area contributed by atoms with E-state index in [1.165, 1.54) is 6.07 Å². The largest absolute Gasteiger partial charge is 0.493 e. The minimum Gasteiger partial charge on any atom is -0.493 e. The number of rotatable bonds is 6. The second-order valence-corrected chi connectivity index (χ2v) is 4.74. The van der Waals surface area contributed by atoms with E-state index in [9.17, 15) is 19.7 Å². The Balaban J connectivity index is 2.41. The van der Waals surface area contributed by atoms with E-state index in [1.54, 1.807) is 12.1 Å². The Morgan fingerprint density at radius 3 is 2.57 bits per heavy atom. The molecule has 0 amide bonds. The fourth-order valence-electron chi connectivity index (χ4n) is 2.45. The fourth-order valence-corrected chi connectivity index (χ4v) is 2.45. The van der Waals surface area contributed by atoms with Gasteiger partial charge in [0.25, 0.3) is 0 Å². The number of carboxylic acid groups (broad SMARTS) is 2. The van der Waals surface area contributed by atoms with Gasteiger partial charge in [-0.3, -0.25) is 19.7 Å². The molecule has 8 heteroatoms. The molecule has 1 aliphatic rings. The molecule has 1 atom stereocenters. The molecule has 1 heterocycles. The van der Waals surface area contributed by atoms with E-state index < -0.39 is 35.2 Å². The molecule has 0 unspecified atom stereocenters. The molecule has 0 aromatic heterocycles. The molecular weight excluding hydrogens is 282 g/mol. The average molecular weight is 295 g/mol. The van der Waals surface area contributed by atoms with E-state index in [0.717, 1.165) is 5.56 Å². The molecule has 21 heavy (non-hydrogen) atoms. The Labute approximate surface area is 119 Å². The second kappa shape index (κ2) is 5.78. The van der Waals surface area contributed by atoms with Crippen molar-refractivity contribution in [1.82, 2.24) is 0 Å². The molecule has 8 nitrogen and oxygen atoms in total. The van der Waals surface area contributed by atoms with E-state index in [4.69, 9.17) is 14.9 Å². The van der Waals surface area contributed by atoms with Gasteiger partial charge in [0.15, 0.2) is 5.92 Å². The monoisotopic (exact) mass is 295 g/mol. The molecule has 1 aromatic carbocycles. The first-order valence-electron chi connectivity index (χ1n) is 6.23. The predicted octanol–water partition coefficient (Wildman–Crippen LogP) is 0.767. The lowest BCUT2D eigenvalue weighted by Gasteiger charge is -2.18. The van der Waals surface area contributed by atoms with Gasteiger partial charge >= 0.3 is 11.9 Å². The van der Waals surface area contributed by atoms with Crippen LogP contribution in [0.2, 0.25) is 0 Å². The van der Waals surface area contributed by atoms with Gasteiger partial charge in [-0.25, -0.2) is 0 Å². The number of nitro groups is 1. The van der Waals surface area contributed by atoms with Gasteiger partial charge < -0.3 is 14.9 Å².